The van der Waals surface area contributed by atoms with E-state index < -0.39 is 0 Å². The predicted octanol–water partition coefficient (Wildman–Crippen LogP) is 2.03. The number of carbonyl (C=O) groups excluding carboxylic acids is 1. The maximum absolute atomic E-state index is 11.8. The fourth-order valence-electron chi connectivity index (χ4n) is 1.83. The lowest BCUT2D eigenvalue weighted by Gasteiger charge is -2.17. The largest absolute Gasteiger partial charge is 0.354 e. The number of carbonyl (C=O) groups is 1. The third kappa shape index (κ3) is 4.14. The molecule has 0 aliphatic carbocycles. The van der Waals surface area contributed by atoms with Crippen molar-refractivity contribution in [3.05, 3.63) is 66.6 Å². The van der Waals surface area contributed by atoms with Crippen LogP contribution in [0.3, 0.4) is 0 Å². The van der Waals surface area contributed by atoms with Crippen LogP contribution in [0.1, 0.15) is 16.1 Å². The number of nitrogens with one attached hydrogen (secondary N) is 1. The Balaban J connectivity index is 2.01. The molecule has 1 amide bonds. The van der Waals surface area contributed by atoms with Gasteiger partial charge in [0.05, 0.1) is 17.8 Å². The van der Waals surface area contributed by atoms with Crippen molar-refractivity contribution in [2.24, 2.45) is 0 Å². The van der Waals surface area contributed by atoms with Gasteiger partial charge in [-0.1, -0.05) is 12.1 Å². The molecule has 2 rings (SSSR count). The van der Waals surface area contributed by atoms with Gasteiger partial charge in [0.1, 0.15) is 5.82 Å². The Morgan fingerprint density at radius 3 is 2.81 bits per heavy atom. The Bertz CT molecular complexity index is 595. The SMILES string of the molecule is C=CCNC(=O)c1ccc(N(C)Cc2ccccn2)nc1. The van der Waals surface area contributed by atoms with Crippen LogP contribution in [0, 0.1) is 0 Å². The summed E-state index contributed by atoms with van der Waals surface area (Å²) in [6.07, 6.45) is 4.98. The van der Waals surface area contributed by atoms with Gasteiger partial charge in [-0.25, -0.2) is 4.98 Å². The summed E-state index contributed by atoms with van der Waals surface area (Å²) in [5, 5.41) is 2.72. The van der Waals surface area contributed by atoms with Crippen LogP contribution >= 0.6 is 0 Å². The third-order valence-corrected chi connectivity index (χ3v) is 2.93. The lowest BCUT2D eigenvalue weighted by molar-refractivity contribution is 0.0957. The molecule has 21 heavy (non-hydrogen) atoms. The normalized spacial score (nSPS) is 9.95. The number of pyridine rings is 2. The monoisotopic (exact) mass is 282 g/mol. The van der Waals surface area contributed by atoms with Gasteiger partial charge in [0.25, 0.3) is 5.91 Å². The van der Waals surface area contributed by atoms with E-state index in [9.17, 15) is 4.79 Å². The summed E-state index contributed by atoms with van der Waals surface area (Å²) >= 11 is 0. The zero-order valence-electron chi connectivity index (χ0n) is 12.0. The minimum Gasteiger partial charge on any atom is -0.354 e. The number of aromatic nitrogens is 2. The van der Waals surface area contributed by atoms with Gasteiger partial charge >= 0.3 is 0 Å². The first kappa shape index (κ1) is 14.7. The molecule has 0 fully saturated rings. The second-order valence-electron chi connectivity index (χ2n) is 4.58. The molecule has 0 radical (unpaired) electrons. The van der Waals surface area contributed by atoms with Gasteiger partial charge in [0, 0.05) is 26.0 Å². The fourth-order valence-corrected chi connectivity index (χ4v) is 1.83. The third-order valence-electron chi connectivity index (χ3n) is 2.93. The lowest BCUT2D eigenvalue weighted by atomic mass is 10.2. The minimum absolute atomic E-state index is 0.152. The Kier molecular flexibility index (Phi) is 5.04. The van der Waals surface area contributed by atoms with E-state index >= 15 is 0 Å². The Morgan fingerprint density at radius 1 is 1.33 bits per heavy atom. The first-order valence-corrected chi connectivity index (χ1v) is 6.67. The van der Waals surface area contributed by atoms with E-state index in [1.54, 1.807) is 24.5 Å². The number of nitrogens with zero attached hydrogens (tertiary/aromatic N) is 3. The van der Waals surface area contributed by atoms with Crippen molar-refractivity contribution in [3.63, 3.8) is 0 Å². The molecule has 2 aromatic rings. The molecular formula is C16H18N4O. The van der Waals surface area contributed by atoms with Crippen LogP contribution in [0.15, 0.2) is 55.4 Å². The van der Waals surface area contributed by atoms with Crippen molar-refractivity contribution in [1.82, 2.24) is 15.3 Å². The molecule has 0 saturated heterocycles. The lowest BCUT2D eigenvalue weighted by Crippen LogP contribution is -2.24. The van der Waals surface area contributed by atoms with E-state index in [1.807, 2.05) is 36.2 Å². The Labute approximate surface area is 124 Å². The second-order valence-corrected chi connectivity index (χ2v) is 4.58. The first-order chi connectivity index (χ1) is 10.2. The van der Waals surface area contributed by atoms with Crippen molar-refractivity contribution in [2.45, 2.75) is 6.54 Å². The molecule has 2 aromatic heterocycles. The zero-order chi connectivity index (χ0) is 15.1. The van der Waals surface area contributed by atoms with Crippen molar-refractivity contribution < 1.29 is 4.79 Å². The van der Waals surface area contributed by atoms with E-state index in [2.05, 4.69) is 21.9 Å². The highest BCUT2D eigenvalue weighted by Crippen LogP contribution is 2.12. The minimum atomic E-state index is -0.152. The first-order valence-electron chi connectivity index (χ1n) is 6.67. The van der Waals surface area contributed by atoms with Crippen molar-refractivity contribution in [3.8, 4) is 0 Å². The van der Waals surface area contributed by atoms with Crippen LogP contribution < -0.4 is 10.2 Å². The molecule has 0 aliphatic rings. The second kappa shape index (κ2) is 7.19. The Morgan fingerprint density at radius 2 is 2.19 bits per heavy atom. The van der Waals surface area contributed by atoms with Crippen LogP contribution in [0.2, 0.25) is 0 Å². The molecule has 0 unspecified atom stereocenters. The maximum atomic E-state index is 11.8. The van der Waals surface area contributed by atoms with Crippen LogP contribution in [-0.4, -0.2) is 29.5 Å². The summed E-state index contributed by atoms with van der Waals surface area (Å²) in [6.45, 7) is 4.67. The van der Waals surface area contributed by atoms with Crippen LogP contribution in [0.5, 0.6) is 0 Å². The molecular weight excluding hydrogens is 264 g/mol. The van der Waals surface area contributed by atoms with Crippen LogP contribution in [0.4, 0.5) is 5.82 Å². The van der Waals surface area contributed by atoms with E-state index in [1.165, 1.54) is 0 Å². The fraction of sp³-hybridized carbons (Fsp3) is 0.188. The molecule has 0 bridgehead atoms. The number of amides is 1. The van der Waals surface area contributed by atoms with Crippen molar-refractivity contribution in [1.29, 1.82) is 0 Å². The van der Waals surface area contributed by atoms with Gasteiger partial charge in [-0.15, -0.1) is 6.58 Å². The summed E-state index contributed by atoms with van der Waals surface area (Å²) in [6, 6.07) is 9.39. The summed E-state index contributed by atoms with van der Waals surface area (Å²) in [7, 11) is 1.94. The maximum Gasteiger partial charge on any atom is 0.253 e. The molecule has 0 atom stereocenters. The summed E-state index contributed by atoms with van der Waals surface area (Å²) in [5.74, 6) is 0.641. The topological polar surface area (TPSA) is 58.1 Å². The average molecular weight is 282 g/mol. The van der Waals surface area contributed by atoms with Gasteiger partial charge in [-0.3, -0.25) is 9.78 Å². The molecule has 5 heteroatoms. The summed E-state index contributed by atoms with van der Waals surface area (Å²) < 4.78 is 0. The van der Waals surface area contributed by atoms with Gasteiger partial charge in [-0.2, -0.15) is 0 Å². The summed E-state index contributed by atoms with van der Waals surface area (Å²) in [4.78, 5) is 22.3. The molecule has 108 valence electrons. The van der Waals surface area contributed by atoms with E-state index in [0.29, 0.717) is 18.7 Å². The average Bonchev–Trinajstić information content (AvgIpc) is 2.53. The zero-order valence-corrected chi connectivity index (χ0v) is 12.0. The number of hydrogen-bond acceptors (Lipinski definition) is 4. The van der Waals surface area contributed by atoms with E-state index in [0.717, 1.165) is 11.5 Å². The molecule has 1 N–H and O–H groups in total. The highest BCUT2D eigenvalue weighted by atomic mass is 16.1. The molecule has 0 spiro atoms. The number of hydrogen-bond donors (Lipinski definition) is 1. The number of anilines is 1. The van der Waals surface area contributed by atoms with E-state index in [4.69, 9.17) is 0 Å². The van der Waals surface area contributed by atoms with Crippen LogP contribution in [0.25, 0.3) is 0 Å². The van der Waals surface area contributed by atoms with Crippen LogP contribution in [-0.2, 0) is 6.54 Å². The predicted molar refractivity (Wildman–Crippen MR) is 83.1 cm³/mol. The van der Waals surface area contributed by atoms with Crippen molar-refractivity contribution in [2.75, 3.05) is 18.5 Å². The highest BCUT2D eigenvalue weighted by Gasteiger charge is 2.07. The van der Waals surface area contributed by atoms with E-state index in [-0.39, 0.29) is 5.91 Å². The van der Waals surface area contributed by atoms with Gasteiger partial charge in [0.15, 0.2) is 0 Å². The smallest absolute Gasteiger partial charge is 0.253 e. The number of rotatable bonds is 6. The summed E-state index contributed by atoms with van der Waals surface area (Å²) in [5.41, 5.74) is 1.50. The van der Waals surface area contributed by atoms with Gasteiger partial charge < -0.3 is 10.2 Å². The van der Waals surface area contributed by atoms with Gasteiger partial charge in [-0.05, 0) is 24.3 Å². The molecule has 0 aromatic carbocycles. The quantitative estimate of drug-likeness (QED) is 0.824. The van der Waals surface area contributed by atoms with Crippen molar-refractivity contribution >= 4 is 11.7 Å². The molecule has 5 nitrogen and oxygen atoms in total. The molecule has 0 saturated carbocycles. The molecule has 2 heterocycles. The Hall–Kier alpha value is -2.69. The standard InChI is InChI=1S/C16H18N4O/c1-3-9-18-16(21)13-7-8-15(19-11-13)20(2)12-14-6-4-5-10-17-14/h3-8,10-11H,1,9,12H2,2H3,(H,18,21). The highest BCUT2D eigenvalue weighted by molar-refractivity contribution is 5.94. The molecule has 0 aliphatic heterocycles. The van der Waals surface area contributed by atoms with Gasteiger partial charge in [0.2, 0.25) is 0 Å².